The minimum atomic E-state index is -0.463. The summed E-state index contributed by atoms with van der Waals surface area (Å²) in [5.41, 5.74) is 1.43. The lowest BCUT2D eigenvalue weighted by molar-refractivity contribution is 0.251. The minimum absolute atomic E-state index is 0.162. The number of nitrogens with one attached hydrogen (secondary N) is 2. The molecule has 0 atom stereocenters. The maximum Gasteiger partial charge on any atom is 0.319 e. The second kappa shape index (κ2) is 8.11. The summed E-state index contributed by atoms with van der Waals surface area (Å²) in [4.78, 5) is 24.5. The Hall–Kier alpha value is -3.41. The molecule has 2 aromatic carbocycles. The van der Waals surface area contributed by atoms with Crippen molar-refractivity contribution in [2.24, 2.45) is 0 Å². The van der Waals surface area contributed by atoms with Crippen LogP contribution in [-0.2, 0) is 13.1 Å². The van der Waals surface area contributed by atoms with Crippen LogP contribution in [0.5, 0.6) is 0 Å². The highest BCUT2D eigenvalue weighted by Crippen LogP contribution is 2.06. The number of rotatable bonds is 5. The van der Waals surface area contributed by atoms with Crippen molar-refractivity contribution in [3.05, 3.63) is 100 Å². The Morgan fingerprint density at radius 1 is 0.962 bits per heavy atom. The zero-order valence-corrected chi connectivity index (χ0v) is 14.0. The lowest BCUT2D eigenvalue weighted by Gasteiger charge is -2.10. The summed E-state index contributed by atoms with van der Waals surface area (Å²) < 4.78 is 14.7. The summed E-state index contributed by atoms with van der Waals surface area (Å²) in [5, 5.41) is 5.26. The average Bonchev–Trinajstić information content (AvgIpc) is 2.64. The van der Waals surface area contributed by atoms with Crippen LogP contribution in [0.1, 0.15) is 11.1 Å². The van der Waals surface area contributed by atoms with Gasteiger partial charge in [-0.1, -0.05) is 42.5 Å². The Balaban J connectivity index is 1.67. The zero-order valence-electron chi connectivity index (χ0n) is 14.0. The third-order valence-electron chi connectivity index (χ3n) is 3.81. The number of nitrogens with zero attached hydrogens (tertiary/aromatic N) is 1. The Labute approximate surface area is 150 Å². The molecular formula is C20H18FN3O2. The third-order valence-corrected chi connectivity index (χ3v) is 3.81. The summed E-state index contributed by atoms with van der Waals surface area (Å²) >= 11 is 0. The fourth-order valence-corrected chi connectivity index (χ4v) is 2.53. The highest BCUT2D eigenvalue weighted by Gasteiger charge is 2.08. The minimum Gasteiger partial charge on any atom is -0.334 e. The smallest absolute Gasteiger partial charge is 0.319 e. The van der Waals surface area contributed by atoms with Crippen molar-refractivity contribution < 1.29 is 9.18 Å². The predicted octanol–water partition coefficient (Wildman–Crippen LogP) is 3.36. The van der Waals surface area contributed by atoms with E-state index in [1.165, 1.54) is 22.8 Å². The Morgan fingerprint density at radius 3 is 2.50 bits per heavy atom. The molecule has 132 valence electrons. The fraction of sp³-hybridized carbons (Fsp3) is 0.100. The number of hydrogen-bond acceptors (Lipinski definition) is 2. The van der Waals surface area contributed by atoms with Crippen LogP contribution in [0.15, 0.2) is 77.7 Å². The van der Waals surface area contributed by atoms with Gasteiger partial charge in [0.15, 0.2) is 0 Å². The summed E-state index contributed by atoms with van der Waals surface area (Å²) in [6, 6.07) is 18.2. The van der Waals surface area contributed by atoms with E-state index < -0.39 is 6.03 Å². The zero-order chi connectivity index (χ0) is 18.4. The maximum absolute atomic E-state index is 13.3. The Morgan fingerprint density at radius 2 is 1.73 bits per heavy atom. The molecule has 0 aliphatic carbocycles. The van der Waals surface area contributed by atoms with Gasteiger partial charge in [0.1, 0.15) is 11.5 Å². The summed E-state index contributed by atoms with van der Waals surface area (Å²) in [6.07, 6.45) is 1.60. The molecule has 0 saturated carbocycles. The molecule has 1 heterocycles. The SMILES string of the molecule is O=C(NCc1ccccc1)Nc1cccn(Cc2cccc(F)c2)c1=O. The number of pyridine rings is 1. The second-order valence-corrected chi connectivity index (χ2v) is 5.78. The highest BCUT2D eigenvalue weighted by atomic mass is 19.1. The van der Waals surface area contributed by atoms with Crippen molar-refractivity contribution in [1.82, 2.24) is 9.88 Å². The highest BCUT2D eigenvalue weighted by molar-refractivity contribution is 5.88. The molecule has 5 nitrogen and oxygen atoms in total. The molecule has 0 aliphatic rings. The predicted molar refractivity (Wildman–Crippen MR) is 98.5 cm³/mol. The number of aromatic nitrogens is 1. The van der Waals surface area contributed by atoms with E-state index in [9.17, 15) is 14.0 Å². The number of benzene rings is 2. The first kappa shape index (κ1) is 17.4. The first-order valence-corrected chi connectivity index (χ1v) is 8.14. The largest absolute Gasteiger partial charge is 0.334 e. The van der Waals surface area contributed by atoms with E-state index in [1.54, 1.807) is 24.4 Å². The van der Waals surface area contributed by atoms with E-state index in [0.29, 0.717) is 12.1 Å². The number of urea groups is 1. The number of amides is 2. The van der Waals surface area contributed by atoms with Crippen molar-refractivity contribution >= 4 is 11.7 Å². The Kier molecular flexibility index (Phi) is 5.43. The maximum atomic E-state index is 13.3. The van der Waals surface area contributed by atoms with E-state index in [2.05, 4.69) is 10.6 Å². The molecule has 2 N–H and O–H groups in total. The molecule has 3 aromatic rings. The van der Waals surface area contributed by atoms with E-state index in [0.717, 1.165) is 5.56 Å². The van der Waals surface area contributed by atoms with Crippen molar-refractivity contribution in [2.45, 2.75) is 13.1 Å². The van der Waals surface area contributed by atoms with Gasteiger partial charge >= 0.3 is 6.03 Å². The molecule has 0 unspecified atom stereocenters. The first-order valence-electron chi connectivity index (χ1n) is 8.14. The van der Waals surface area contributed by atoms with Crippen LogP contribution in [0.2, 0.25) is 0 Å². The van der Waals surface area contributed by atoms with E-state index in [1.807, 2.05) is 30.3 Å². The first-order chi connectivity index (χ1) is 12.6. The summed E-state index contributed by atoms with van der Waals surface area (Å²) in [5.74, 6) is -0.356. The van der Waals surface area contributed by atoms with Crippen LogP contribution in [0.4, 0.5) is 14.9 Å². The van der Waals surface area contributed by atoms with Crippen LogP contribution in [0.3, 0.4) is 0 Å². The molecule has 0 spiro atoms. The van der Waals surface area contributed by atoms with Gasteiger partial charge in [0.05, 0.1) is 6.54 Å². The lowest BCUT2D eigenvalue weighted by Crippen LogP contribution is -2.32. The van der Waals surface area contributed by atoms with Crippen molar-refractivity contribution in [3.63, 3.8) is 0 Å². The van der Waals surface area contributed by atoms with Crippen molar-refractivity contribution in [1.29, 1.82) is 0 Å². The van der Waals surface area contributed by atoms with Gasteiger partial charge in [-0.25, -0.2) is 9.18 Å². The van der Waals surface area contributed by atoms with Gasteiger partial charge < -0.3 is 15.2 Å². The molecule has 2 amide bonds. The third kappa shape index (κ3) is 4.57. The van der Waals surface area contributed by atoms with Crippen LogP contribution < -0.4 is 16.2 Å². The topological polar surface area (TPSA) is 63.1 Å². The van der Waals surface area contributed by atoms with Gasteiger partial charge in [-0.05, 0) is 35.4 Å². The van der Waals surface area contributed by atoms with Gasteiger partial charge in [0.2, 0.25) is 0 Å². The molecule has 0 saturated heterocycles. The van der Waals surface area contributed by atoms with Gasteiger partial charge in [-0.3, -0.25) is 4.79 Å². The monoisotopic (exact) mass is 351 g/mol. The number of carbonyl (C=O) groups is 1. The molecule has 0 radical (unpaired) electrons. The van der Waals surface area contributed by atoms with Crippen LogP contribution in [-0.4, -0.2) is 10.6 Å². The molecule has 1 aromatic heterocycles. The van der Waals surface area contributed by atoms with Crippen LogP contribution in [0, 0.1) is 5.82 Å². The van der Waals surface area contributed by atoms with E-state index >= 15 is 0 Å². The number of anilines is 1. The van der Waals surface area contributed by atoms with E-state index in [4.69, 9.17) is 0 Å². The van der Waals surface area contributed by atoms with Gasteiger partial charge in [-0.2, -0.15) is 0 Å². The second-order valence-electron chi connectivity index (χ2n) is 5.78. The van der Waals surface area contributed by atoms with Gasteiger partial charge in [-0.15, -0.1) is 0 Å². The quantitative estimate of drug-likeness (QED) is 0.740. The normalized spacial score (nSPS) is 10.3. The van der Waals surface area contributed by atoms with Gasteiger partial charge in [0, 0.05) is 12.7 Å². The van der Waals surface area contributed by atoms with Crippen LogP contribution >= 0.6 is 0 Å². The number of hydrogen-bond donors (Lipinski definition) is 2. The molecule has 3 rings (SSSR count). The van der Waals surface area contributed by atoms with Crippen molar-refractivity contribution in [2.75, 3.05) is 5.32 Å². The number of carbonyl (C=O) groups excluding carboxylic acids is 1. The lowest BCUT2D eigenvalue weighted by atomic mass is 10.2. The van der Waals surface area contributed by atoms with Crippen LogP contribution in [0.25, 0.3) is 0 Å². The molecule has 26 heavy (non-hydrogen) atoms. The average molecular weight is 351 g/mol. The molecule has 0 bridgehead atoms. The Bertz CT molecular complexity index is 955. The summed E-state index contributed by atoms with van der Waals surface area (Å²) in [7, 11) is 0. The van der Waals surface area contributed by atoms with Gasteiger partial charge in [0.25, 0.3) is 5.56 Å². The van der Waals surface area contributed by atoms with E-state index in [-0.39, 0.29) is 23.6 Å². The summed E-state index contributed by atoms with van der Waals surface area (Å²) in [6.45, 7) is 0.578. The molecular weight excluding hydrogens is 333 g/mol. The molecule has 0 fully saturated rings. The molecule has 0 aliphatic heterocycles. The fourth-order valence-electron chi connectivity index (χ4n) is 2.53. The van der Waals surface area contributed by atoms with Crippen molar-refractivity contribution in [3.8, 4) is 0 Å². The standard InChI is InChI=1S/C20H18FN3O2/c21-17-9-4-8-16(12-17)14-24-11-5-10-18(19(24)25)23-20(26)22-13-15-6-2-1-3-7-15/h1-12H,13-14H2,(H2,22,23,26). The number of halogens is 1. The molecule has 6 heteroatoms.